The van der Waals surface area contributed by atoms with Crippen LogP contribution in [0.3, 0.4) is 0 Å². The van der Waals surface area contributed by atoms with Crippen molar-refractivity contribution in [1.29, 1.82) is 0 Å². The van der Waals surface area contributed by atoms with Crippen LogP contribution >= 0.6 is 0 Å². The lowest BCUT2D eigenvalue weighted by Gasteiger charge is -2.26. The molecule has 3 nitrogen and oxygen atoms in total. The SMILES string of the molecule is COC(OC)C1CCCc2ccoc21. The Bertz CT molecular complexity index is 288. The Morgan fingerprint density at radius 1 is 1.43 bits per heavy atom. The topological polar surface area (TPSA) is 31.6 Å². The maximum atomic E-state index is 5.49. The third-order valence-corrected chi connectivity index (χ3v) is 2.87. The maximum Gasteiger partial charge on any atom is 0.166 e. The van der Waals surface area contributed by atoms with Gasteiger partial charge in [0, 0.05) is 14.2 Å². The van der Waals surface area contributed by atoms with Gasteiger partial charge in [-0.1, -0.05) is 0 Å². The molecular formula is C11H16O3. The van der Waals surface area contributed by atoms with E-state index < -0.39 is 0 Å². The Kier molecular flexibility index (Phi) is 2.89. The van der Waals surface area contributed by atoms with E-state index in [9.17, 15) is 0 Å². The number of aryl methyl sites for hydroxylation is 1. The van der Waals surface area contributed by atoms with Gasteiger partial charge in [0.25, 0.3) is 0 Å². The minimum atomic E-state index is -0.180. The van der Waals surface area contributed by atoms with Crippen LogP contribution < -0.4 is 0 Å². The van der Waals surface area contributed by atoms with E-state index in [-0.39, 0.29) is 12.2 Å². The second kappa shape index (κ2) is 4.15. The van der Waals surface area contributed by atoms with Crippen LogP contribution in [-0.2, 0) is 15.9 Å². The predicted octanol–water partition coefficient (Wildman–Crippen LogP) is 2.32. The minimum Gasteiger partial charge on any atom is -0.469 e. The van der Waals surface area contributed by atoms with Gasteiger partial charge in [0.15, 0.2) is 6.29 Å². The van der Waals surface area contributed by atoms with Crippen molar-refractivity contribution >= 4 is 0 Å². The van der Waals surface area contributed by atoms with E-state index in [1.807, 2.05) is 6.07 Å². The first-order valence-electron chi connectivity index (χ1n) is 4.98. The summed E-state index contributed by atoms with van der Waals surface area (Å²) < 4.78 is 16.1. The van der Waals surface area contributed by atoms with E-state index in [2.05, 4.69) is 0 Å². The first kappa shape index (κ1) is 9.74. The second-order valence-corrected chi connectivity index (χ2v) is 3.65. The lowest BCUT2D eigenvalue weighted by molar-refractivity contribution is -0.123. The van der Waals surface area contributed by atoms with E-state index in [0.717, 1.165) is 18.6 Å². The van der Waals surface area contributed by atoms with Crippen LogP contribution in [0.5, 0.6) is 0 Å². The van der Waals surface area contributed by atoms with Crippen LogP contribution in [-0.4, -0.2) is 20.5 Å². The number of methoxy groups -OCH3 is 2. The molecule has 3 heteroatoms. The molecule has 1 heterocycles. The molecule has 1 aromatic heterocycles. The summed E-state index contributed by atoms with van der Waals surface area (Å²) in [7, 11) is 3.34. The quantitative estimate of drug-likeness (QED) is 0.695. The third-order valence-electron chi connectivity index (χ3n) is 2.87. The Labute approximate surface area is 84.0 Å². The summed E-state index contributed by atoms with van der Waals surface area (Å²) in [4.78, 5) is 0. The molecule has 0 saturated heterocycles. The zero-order valence-corrected chi connectivity index (χ0v) is 8.66. The highest BCUT2D eigenvalue weighted by atomic mass is 16.7. The zero-order valence-electron chi connectivity index (χ0n) is 8.66. The molecule has 78 valence electrons. The van der Waals surface area contributed by atoms with Crippen molar-refractivity contribution in [2.75, 3.05) is 14.2 Å². The lowest BCUT2D eigenvalue weighted by Crippen LogP contribution is -2.25. The van der Waals surface area contributed by atoms with E-state index in [1.54, 1.807) is 20.5 Å². The van der Waals surface area contributed by atoms with E-state index >= 15 is 0 Å². The molecule has 14 heavy (non-hydrogen) atoms. The van der Waals surface area contributed by atoms with Crippen molar-refractivity contribution in [2.24, 2.45) is 0 Å². The van der Waals surface area contributed by atoms with Gasteiger partial charge in [-0.2, -0.15) is 0 Å². The molecule has 0 aromatic carbocycles. The summed E-state index contributed by atoms with van der Waals surface area (Å²) in [6.45, 7) is 0. The summed E-state index contributed by atoms with van der Waals surface area (Å²) in [6, 6.07) is 2.05. The smallest absolute Gasteiger partial charge is 0.166 e. The van der Waals surface area contributed by atoms with Gasteiger partial charge in [-0.05, 0) is 30.9 Å². The highest BCUT2D eigenvalue weighted by molar-refractivity contribution is 5.24. The highest BCUT2D eigenvalue weighted by Gasteiger charge is 2.30. The summed E-state index contributed by atoms with van der Waals surface area (Å²) in [5, 5.41) is 0. The van der Waals surface area contributed by atoms with Gasteiger partial charge in [-0.25, -0.2) is 0 Å². The first-order valence-corrected chi connectivity index (χ1v) is 4.98. The maximum absolute atomic E-state index is 5.49. The molecule has 0 amide bonds. The largest absolute Gasteiger partial charge is 0.469 e. The standard InChI is InChI=1S/C11H16O3/c1-12-11(13-2)9-5-3-4-8-6-7-14-10(8)9/h6-7,9,11H,3-5H2,1-2H3. The zero-order chi connectivity index (χ0) is 9.97. The Morgan fingerprint density at radius 3 is 2.93 bits per heavy atom. The van der Waals surface area contributed by atoms with E-state index in [0.29, 0.717) is 0 Å². The van der Waals surface area contributed by atoms with Crippen molar-refractivity contribution in [2.45, 2.75) is 31.5 Å². The van der Waals surface area contributed by atoms with Gasteiger partial charge in [-0.3, -0.25) is 0 Å². The minimum absolute atomic E-state index is 0.180. The fraction of sp³-hybridized carbons (Fsp3) is 0.636. The van der Waals surface area contributed by atoms with Crippen LogP contribution in [0.4, 0.5) is 0 Å². The summed E-state index contributed by atoms with van der Waals surface area (Å²) in [6.07, 6.45) is 4.95. The number of hydrogen-bond acceptors (Lipinski definition) is 3. The molecule has 0 aliphatic heterocycles. The third kappa shape index (κ3) is 1.57. The number of rotatable bonds is 3. The van der Waals surface area contributed by atoms with E-state index in [1.165, 1.54) is 12.0 Å². The van der Waals surface area contributed by atoms with Gasteiger partial charge in [0.1, 0.15) is 5.76 Å². The monoisotopic (exact) mass is 196 g/mol. The Morgan fingerprint density at radius 2 is 2.21 bits per heavy atom. The molecule has 1 aliphatic carbocycles. The number of hydrogen-bond donors (Lipinski definition) is 0. The molecule has 0 fully saturated rings. The van der Waals surface area contributed by atoms with Crippen molar-refractivity contribution in [3.8, 4) is 0 Å². The second-order valence-electron chi connectivity index (χ2n) is 3.65. The fourth-order valence-electron chi connectivity index (χ4n) is 2.21. The summed E-state index contributed by atoms with van der Waals surface area (Å²) in [5.74, 6) is 1.30. The Balaban J connectivity index is 2.22. The van der Waals surface area contributed by atoms with Crippen molar-refractivity contribution in [3.05, 3.63) is 23.7 Å². The lowest BCUT2D eigenvalue weighted by atomic mass is 9.88. The molecule has 0 saturated carbocycles. The highest BCUT2D eigenvalue weighted by Crippen LogP contribution is 2.35. The van der Waals surface area contributed by atoms with Gasteiger partial charge < -0.3 is 13.9 Å². The molecular weight excluding hydrogens is 180 g/mol. The average Bonchev–Trinajstić information content (AvgIpc) is 2.68. The van der Waals surface area contributed by atoms with Gasteiger partial charge in [-0.15, -0.1) is 0 Å². The molecule has 0 bridgehead atoms. The number of fused-ring (bicyclic) bond motifs is 1. The Hall–Kier alpha value is -0.800. The average molecular weight is 196 g/mol. The van der Waals surface area contributed by atoms with Crippen molar-refractivity contribution in [1.82, 2.24) is 0 Å². The molecule has 1 aliphatic rings. The number of ether oxygens (including phenoxy) is 2. The predicted molar refractivity (Wildman–Crippen MR) is 52.2 cm³/mol. The van der Waals surface area contributed by atoms with Gasteiger partial charge in [0.05, 0.1) is 12.2 Å². The van der Waals surface area contributed by atoms with E-state index in [4.69, 9.17) is 13.9 Å². The molecule has 1 atom stereocenters. The van der Waals surface area contributed by atoms with Crippen molar-refractivity contribution in [3.63, 3.8) is 0 Å². The molecule has 0 N–H and O–H groups in total. The molecule has 1 unspecified atom stereocenters. The normalized spacial score (nSPS) is 21.2. The number of furan rings is 1. The van der Waals surface area contributed by atoms with Crippen LogP contribution in [0.25, 0.3) is 0 Å². The van der Waals surface area contributed by atoms with Crippen LogP contribution in [0, 0.1) is 0 Å². The molecule has 0 radical (unpaired) electrons. The summed E-state index contributed by atoms with van der Waals surface area (Å²) >= 11 is 0. The molecule has 2 rings (SSSR count). The first-order chi connectivity index (χ1) is 6.86. The van der Waals surface area contributed by atoms with Gasteiger partial charge >= 0.3 is 0 Å². The van der Waals surface area contributed by atoms with Crippen LogP contribution in [0.2, 0.25) is 0 Å². The van der Waals surface area contributed by atoms with Crippen LogP contribution in [0.15, 0.2) is 16.7 Å². The molecule has 1 aromatic rings. The summed E-state index contributed by atoms with van der Waals surface area (Å²) in [5.41, 5.74) is 1.31. The van der Waals surface area contributed by atoms with Crippen molar-refractivity contribution < 1.29 is 13.9 Å². The van der Waals surface area contributed by atoms with Gasteiger partial charge in [0.2, 0.25) is 0 Å². The fourth-order valence-corrected chi connectivity index (χ4v) is 2.21. The molecule has 0 spiro atoms. The van der Waals surface area contributed by atoms with Crippen LogP contribution in [0.1, 0.15) is 30.1 Å².